The van der Waals surface area contributed by atoms with E-state index in [2.05, 4.69) is 178 Å². The maximum absolute atomic E-state index is 4.24. The van der Waals surface area contributed by atoms with Crippen molar-refractivity contribution in [2.45, 2.75) is 12.6 Å². The molecule has 0 radical (unpaired) electrons. The molecule has 0 saturated carbocycles. The molecule has 1 aliphatic carbocycles. The Hall–Kier alpha value is -4.86. The fraction of sp³-hybridized carbons (Fsp3) is 0.120. The standard InChI is InChI=1S/C50H44P2/c1-5-35-20-15-25-45(41(35)6-2)49-39(31-29-37-18-8-11-23-43(37)49)33-51(3)47-27-13-14-28-48(47)52(4)34-40-32-30-38-19-9-12-24-44(38)50(40)46-26-16-21-36-17-7-10-22-42(36)46/h5-30,32,39H,1-2,31,33-34H2,3-4H3. The van der Waals surface area contributed by atoms with E-state index >= 15 is 0 Å². The fourth-order valence-corrected chi connectivity index (χ4v) is 13.1. The first-order valence-corrected chi connectivity index (χ1v) is 22.2. The third kappa shape index (κ3) is 6.41. The third-order valence-electron chi connectivity index (χ3n) is 10.8. The molecule has 0 spiro atoms. The molecule has 0 bridgehead atoms. The number of hydrogen-bond acceptors (Lipinski definition) is 0. The van der Waals surface area contributed by atoms with Gasteiger partial charge in [-0.3, -0.25) is 0 Å². The van der Waals surface area contributed by atoms with Gasteiger partial charge in [-0.15, -0.1) is 0 Å². The molecule has 0 nitrogen and oxygen atoms in total. The Morgan fingerprint density at radius 1 is 0.596 bits per heavy atom. The molecule has 8 rings (SSSR count). The summed E-state index contributed by atoms with van der Waals surface area (Å²) in [5.41, 5.74) is 9.23. The lowest BCUT2D eigenvalue weighted by Crippen LogP contribution is -2.35. The topological polar surface area (TPSA) is 0 Å². The number of benzene rings is 7. The molecule has 0 fully saturated rings. The highest BCUT2D eigenvalue weighted by atomic mass is 31.1. The molecule has 7 aromatic carbocycles. The number of hydrogen-bond donors (Lipinski definition) is 0. The van der Waals surface area contributed by atoms with E-state index in [-0.39, 0.29) is 0 Å². The fourth-order valence-electron chi connectivity index (χ4n) is 8.37. The van der Waals surface area contributed by atoms with Crippen molar-refractivity contribution in [3.05, 3.63) is 191 Å². The van der Waals surface area contributed by atoms with Crippen LogP contribution in [0.25, 0.3) is 56.5 Å². The van der Waals surface area contributed by atoms with E-state index in [1.165, 1.54) is 65.4 Å². The summed E-state index contributed by atoms with van der Waals surface area (Å²) in [5, 5.41) is 11.0. The van der Waals surface area contributed by atoms with Crippen LogP contribution in [0.5, 0.6) is 0 Å². The summed E-state index contributed by atoms with van der Waals surface area (Å²) in [7, 11) is -0.900. The first kappa shape index (κ1) is 34.2. The molecule has 0 amide bonds. The minimum atomic E-state index is -0.468. The van der Waals surface area contributed by atoms with Gasteiger partial charge in [0.1, 0.15) is 0 Å². The van der Waals surface area contributed by atoms with Gasteiger partial charge in [0.05, 0.1) is 0 Å². The Morgan fingerprint density at radius 3 is 2.02 bits per heavy atom. The van der Waals surface area contributed by atoms with E-state index in [0.29, 0.717) is 5.92 Å². The van der Waals surface area contributed by atoms with Gasteiger partial charge in [-0.25, -0.2) is 0 Å². The second-order valence-electron chi connectivity index (χ2n) is 13.9. The third-order valence-corrected chi connectivity index (χ3v) is 15.2. The Balaban J connectivity index is 1.17. The summed E-state index contributed by atoms with van der Waals surface area (Å²) in [4.78, 5) is 0. The summed E-state index contributed by atoms with van der Waals surface area (Å²) in [6.45, 7) is 13.4. The largest absolute Gasteiger partial charge is 0.0984 e. The number of fused-ring (bicyclic) bond motifs is 3. The molecule has 3 unspecified atom stereocenters. The summed E-state index contributed by atoms with van der Waals surface area (Å²) < 4.78 is 0. The van der Waals surface area contributed by atoms with E-state index in [1.54, 1.807) is 10.6 Å². The maximum atomic E-state index is 4.24. The van der Waals surface area contributed by atoms with E-state index < -0.39 is 15.8 Å². The first-order chi connectivity index (χ1) is 25.6. The summed E-state index contributed by atoms with van der Waals surface area (Å²) >= 11 is 0. The Labute approximate surface area is 311 Å². The molecule has 7 aromatic rings. The lowest BCUT2D eigenvalue weighted by Gasteiger charge is -2.29. The SMILES string of the molecule is C=Cc1cccc(C2=c3ccccc3=CCC2CP(C)c2ccccc2P(C)Cc2ccc3ccccc3c2-c2cccc3ccccc23)c1C=C. The van der Waals surface area contributed by atoms with Gasteiger partial charge in [0.25, 0.3) is 0 Å². The molecule has 1 aliphatic rings. The van der Waals surface area contributed by atoms with Crippen LogP contribution in [-0.4, -0.2) is 19.5 Å². The van der Waals surface area contributed by atoms with E-state index in [1.807, 2.05) is 12.2 Å². The Morgan fingerprint density at radius 2 is 1.23 bits per heavy atom. The monoisotopic (exact) mass is 706 g/mol. The molecule has 2 heteroatoms. The Kier molecular flexibility index (Phi) is 9.88. The highest BCUT2D eigenvalue weighted by Gasteiger charge is 2.26. The second kappa shape index (κ2) is 15.0. The zero-order chi connectivity index (χ0) is 35.6. The average molecular weight is 707 g/mol. The highest BCUT2D eigenvalue weighted by molar-refractivity contribution is 7.71. The summed E-state index contributed by atoms with van der Waals surface area (Å²) in [6.07, 6.45) is 9.67. The average Bonchev–Trinajstić information content (AvgIpc) is 3.20. The zero-order valence-electron chi connectivity index (χ0n) is 30.1. The lowest BCUT2D eigenvalue weighted by atomic mass is 9.82. The van der Waals surface area contributed by atoms with Crippen LogP contribution < -0.4 is 21.0 Å². The van der Waals surface area contributed by atoms with Crippen molar-refractivity contribution in [3.8, 4) is 11.1 Å². The zero-order valence-corrected chi connectivity index (χ0v) is 31.9. The predicted molar refractivity (Wildman–Crippen MR) is 234 cm³/mol. The molecular formula is C50H44P2. The van der Waals surface area contributed by atoms with Gasteiger partial charge in [-0.05, 0) is 120 Å². The van der Waals surface area contributed by atoms with Gasteiger partial charge >= 0.3 is 0 Å². The van der Waals surface area contributed by atoms with Crippen molar-refractivity contribution < 1.29 is 0 Å². The Bertz CT molecular complexity index is 2590. The van der Waals surface area contributed by atoms with Gasteiger partial charge in [0.15, 0.2) is 0 Å². The molecule has 3 atom stereocenters. The predicted octanol–water partition coefficient (Wildman–Crippen LogP) is 11.3. The van der Waals surface area contributed by atoms with Crippen LogP contribution in [0.3, 0.4) is 0 Å². The first-order valence-electron chi connectivity index (χ1n) is 18.2. The highest BCUT2D eigenvalue weighted by Crippen LogP contribution is 2.45. The molecule has 0 aliphatic heterocycles. The van der Waals surface area contributed by atoms with Gasteiger partial charge in [0, 0.05) is 0 Å². The van der Waals surface area contributed by atoms with Crippen LogP contribution in [0.15, 0.2) is 159 Å². The lowest BCUT2D eigenvalue weighted by molar-refractivity contribution is 0.783. The van der Waals surface area contributed by atoms with Gasteiger partial charge in [0.2, 0.25) is 0 Å². The van der Waals surface area contributed by atoms with Crippen molar-refractivity contribution in [2.24, 2.45) is 5.92 Å². The van der Waals surface area contributed by atoms with Crippen LogP contribution in [0, 0.1) is 5.92 Å². The van der Waals surface area contributed by atoms with Crippen LogP contribution in [-0.2, 0) is 6.16 Å². The van der Waals surface area contributed by atoms with Crippen LogP contribution >= 0.6 is 15.8 Å². The molecule has 254 valence electrons. The van der Waals surface area contributed by atoms with Crippen molar-refractivity contribution >= 4 is 71.8 Å². The quantitative estimate of drug-likeness (QED) is 0.124. The smallest absolute Gasteiger partial charge is 0.00287 e. The van der Waals surface area contributed by atoms with Gasteiger partial charge < -0.3 is 0 Å². The van der Waals surface area contributed by atoms with Crippen LogP contribution in [0.2, 0.25) is 0 Å². The van der Waals surface area contributed by atoms with E-state index in [0.717, 1.165) is 24.3 Å². The van der Waals surface area contributed by atoms with Gasteiger partial charge in [-0.1, -0.05) is 193 Å². The van der Waals surface area contributed by atoms with Crippen molar-refractivity contribution in [1.82, 2.24) is 0 Å². The molecule has 0 aromatic heterocycles. The molecule has 0 N–H and O–H groups in total. The van der Waals surface area contributed by atoms with Crippen molar-refractivity contribution in [3.63, 3.8) is 0 Å². The summed E-state index contributed by atoms with van der Waals surface area (Å²) in [6, 6.07) is 54.2. The molecule has 0 heterocycles. The normalized spacial score (nSPS) is 15.1. The molecule has 52 heavy (non-hydrogen) atoms. The molecule has 0 saturated heterocycles. The minimum absolute atomic E-state index is 0.416. The summed E-state index contributed by atoms with van der Waals surface area (Å²) in [5.74, 6) is 0.416. The molecular weight excluding hydrogens is 662 g/mol. The van der Waals surface area contributed by atoms with Crippen LogP contribution in [0.1, 0.15) is 28.7 Å². The number of rotatable bonds is 10. The van der Waals surface area contributed by atoms with Crippen molar-refractivity contribution in [1.29, 1.82) is 0 Å². The minimum Gasteiger partial charge on any atom is -0.0984 e. The van der Waals surface area contributed by atoms with Crippen LogP contribution in [0.4, 0.5) is 0 Å². The van der Waals surface area contributed by atoms with Gasteiger partial charge in [-0.2, -0.15) is 0 Å². The van der Waals surface area contributed by atoms with E-state index in [4.69, 9.17) is 0 Å². The van der Waals surface area contributed by atoms with Crippen molar-refractivity contribution in [2.75, 3.05) is 19.5 Å². The second-order valence-corrected chi connectivity index (χ2v) is 18.4. The van der Waals surface area contributed by atoms with E-state index in [9.17, 15) is 0 Å². The maximum Gasteiger partial charge on any atom is -0.00287 e.